The lowest BCUT2D eigenvalue weighted by atomic mass is 10.2. The fraction of sp³-hybridized carbons (Fsp3) is 0.375. The Morgan fingerprint density at radius 1 is 1.21 bits per heavy atom. The average Bonchev–Trinajstić information content (AvgIpc) is 2.60. The van der Waals surface area contributed by atoms with Crippen molar-refractivity contribution in [3.63, 3.8) is 0 Å². The van der Waals surface area contributed by atoms with Gasteiger partial charge in [-0.1, -0.05) is 12.1 Å². The Morgan fingerprint density at radius 2 is 1.92 bits per heavy atom. The highest BCUT2D eigenvalue weighted by atomic mass is 32.2. The van der Waals surface area contributed by atoms with Crippen molar-refractivity contribution in [3.8, 4) is 0 Å². The molecule has 0 unspecified atom stereocenters. The predicted molar refractivity (Wildman–Crippen MR) is 91.3 cm³/mol. The minimum Gasteiger partial charge on any atom is -0.341 e. The summed E-state index contributed by atoms with van der Waals surface area (Å²) in [5.41, 5.74) is 1.47. The Kier molecular flexibility index (Phi) is 4.42. The van der Waals surface area contributed by atoms with E-state index >= 15 is 0 Å². The summed E-state index contributed by atoms with van der Waals surface area (Å²) in [4.78, 5) is 17.8. The molecule has 2 amide bonds. The summed E-state index contributed by atoms with van der Waals surface area (Å²) in [6, 6.07) is 6.92. The van der Waals surface area contributed by atoms with Gasteiger partial charge in [0.2, 0.25) is 10.0 Å². The second-order valence-corrected chi connectivity index (χ2v) is 7.69. The molecule has 1 fully saturated rings. The van der Waals surface area contributed by atoms with Crippen LogP contribution in [-0.4, -0.2) is 61.9 Å². The van der Waals surface area contributed by atoms with Crippen molar-refractivity contribution in [3.05, 3.63) is 36.0 Å². The molecule has 1 aromatic carbocycles. The van der Waals surface area contributed by atoms with Crippen LogP contribution < -0.4 is 5.32 Å². The van der Waals surface area contributed by atoms with Gasteiger partial charge in [-0.15, -0.1) is 0 Å². The van der Waals surface area contributed by atoms with Gasteiger partial charge in [0, 0.05) is 44.8 Å². The van der Waals surface area contributed by atoms with Crippen LogP contribution in [0.15, 0.2) is 35.4 Å². The number of aryl methyl sites for hydroxylation is 1. The number of hydrogen-bond donors (Lipinski definition) is 1. The van der Waals surface area contributed by atoms with Crippen LogP contribution in [0.25, 0.3) is 10.9 Å². The van der Waals surface area contributed by atoms with Gasteiger partial charge in [0.05, 0.1) is 5.52 Å². The van der Waals surface area contributed by atoms with Crippen molar-refractivity contribution in [1.82, 2.24) is 19.5 Å². The van der Waals surface area contributed by atoms with Gasteiger partial charge in [0.1, 0.15) is 4.90 Å². The molecule has 1 aliphatic heterocycles. The van der Waals surface area contributed by atoms with E-state index in [0.717, 1.165) is 10.9 Å². The average molecular weight is 348 g/mol. The lowest BCUT2D eigenvalue weighted by Gasteiger charge is -2.33. The maximum absolute atomic E-state index is 13.0. The molecule has 128 valence electrons. The number of para-hydroxylation sites is 1. The van der Waals surface area contributed by atoms with Crippen molar-refractivity contribution >= 4 is 27.0 Å². The third-order valence-electron chi connectivity index (χ3n) is 4.17. The number of aromatic nitrogens is 1. The van der Waals surface area contributed by atoms with Crippen molar-refractivity contribution < 1.29 is 13.2 Å². The summed E-state index contributed by atoms with van der Waals surface area (Å²) >= 11 is 0. The fourth-order valence-corrected chi connectivity index (χ4v) is 4.47. The second-order valence-electron chi connectivity index (χ2n) is 5.79. The highest BCUT2D eigenvalue weighted by molar-refractivity contribution is 7.89. The van der Waals surface area contributed by atoms with Gasteiger partial charge >= 0.3 is 6.03 Å². The van der Waals surface area contributed by atoms with Gasteiger partial charge in [-0.2, -0.15) is 4.31 Å². The summed E-state index contributed by atoms with van der Waals surface area (Å²) in [6.45, 7) is 3.22. The molecule has 1 aromatic heterocycles. The molecule has 2 aromatic rings. The van der Waals surface area contributed by atoms with Crippen LogP contribution in [0.5, 0.6) is 0 Å². The summed E-state index contributed by atoms with van der Waals surface area (Å²) in [7, 11) is -2.08. The maximum Gasteiger partial charge on any atom is 0.317 e. The molecule has 3 rings (SSSR count). The van der Waals surface area contributed by atoms with E-state index in [9.17, 15) is 13.2 Å². The SMILES string of the molecule is CNC(=O)N1CCN(S(=O)(=O)c2cccc3cc(C)cnc23)CC1. The Morgan fingerprint density at radius 3 is 2.58 bits per heavy atom. The van der Waals surface area contributed by atoms with E-state index in [1.807, 2.05) is 19.1 Å². The minimum atomic E-state index is -3.64. The maximum atomic E-state index is 13.0. The molecule has 24 heavy (non-hydrogen) atoms. The zero-order valence-electron chi connectivity index (χ0n) is 13.7. The van der Waals surface area contributed by atoms with Gasteiger partial charge in [0.15, 0.2) is 0 Å². The summed E-state index contributed by atoms with van der Waals surface area (Å²) in [5.74, 6) is 0. The van der Waals surface area contributed by atoms with Crippen LogP contribution in [0.2, 0.25) is 0 Å². The molecule has 0 saturated carbocycles. The highest BCUT2D eigenvalue weighted by Crippen LogP contribution is 2.25. The molecule has 1 aliphatic rings. The molecular formula is C16H20N4O3S. The molecule has 8 heteroatoms. The van der Waals surface area contributed by atoms with Crippen molar-refractivity contribution in [2.24, 2.45) is 0 Å². The molecule has 1 saturated heterocycles. The van der Waals surface area contributed by atoms with E-state index < -0.39 is 10.0 Å². The van der Waals surface area contributed by atoms with E-state index in [-0.39, 0.29) is 24.0 Å². The van der Waals surface area contributed by atoms with E-state index in [2.05, 4.69) is 10.3 Å². The Hall–Kier alpha value is -2.19. The van der Waals surface area contributed by atoms with Crippen LogP contribution in [0.3, 0.4) is 0 Å². The molecule has 0 atom stereocenters. The molecular weight excluding hydrogens is 328 g/mol. The smallest absolute Gasteiger partial charge is 0.317 e. The van der Waals surface area contributed by atoms with Gasteiger partial charge < -0.3 is 10.2 Å². The Balaban J connectivity index is 1.91. The summed E-state index contributed by atoms with van der Waals surface area (Å²) in [5, 5.41) is 3.36. The van der Waals surface area contributed by atoms with Crippen LogP contribution in [0.4, 0.5) is 4.79 Å². The molecule has 0 radical (unpaired) electrons. The van der Waals surface area contributed by atoms with Crippen molar-refractivity contribution in [2.75, 3.05) is 33.2 Å². The van der Waals surface area contributed by atoms with Gasteiger partial charge in [0.25, 0.3) is 0 Å². The number of nitrogens with one attached hydrogen (secondary N) is 1. The monoisotopic (exact) mass is 348 g/mol. The van der Waals surface area contributed by atoms with E-state index in [1.54, 1.807) is 30.3 Å². The number of rotatable bonds is 2. The van der Waals surface area contributed by atoms with Crippen LogP contribution in [0.1, 0.15) is 5.56 Å². The lowest BCUT2D eigenvalue weighted by molar-refractivity contribution is 0.174. The first kappa shape index (κ1) is 16.7. The fourth-order valence-electron chi connectivity index (χ4n) is 2.88. The first-order valence-electron chi connectivity index (χ1n) is 7.75. The number of carbonyl (C=O) groups is 1. The lowest BCUT2D eigenvalue weighted by Crippen LogP contribution is -2.52. The van der Waals surface area contributed by atoms with E-state index in [1.165, 1.54) is 4.31 Å². The number of hydrogen-bond acceptors (Lipinski definition) is 4. The third-order valence-corrected chi connectivity index (χ3v) is 6.10. The van der Waals surface area contributed by atoms with E-state index in [0.29, 0.717) is 18.6 Å². The quantitative estimate of drug-likeness (QED) is 0.884. The molecule has 1 N–H and O–H groups in total. The van der Waals surface area contributed by atoms with Crippen LogP contribution in [-0.2, 0) is 10.0 Å². The van der Waals surface area contributed by atoms with Gasteiger partial charge in [-0.25, -0.2) is 13.2 Å². The third kappa shape index (κ3) is 2.94. The summed E-state index contributed by atoms with van der Waals surface area (Å²) in [6.07, 6.45) is 1.67. The zero-order chi connectivity index (χ0) is 17.3. The topological polar surface area (TPSA) is 82.6 Å². The van der Waals surface area contributed by atoms with Crippen molar-refractivity contribution in [2.45, 2.75) is 11.8 Å². The Labute approximate surface area is 141 Å². The number of piperazine rings is 1. The molecule has 2 heterocycles. The van der Waals surface area contributed by atoms with Gasteiger partial charge in [-0.3, -0.25) is 4.98 Å². The summed E-state index contributed by atoms with van der Waals surface area (Å²) < 4.78 is 27.4. The predicted octanol–water partition coefficient (Wildman–Crippen LogP) is 1.19. The number of nitrogens with zero attached hydrogens (tertiary/aromatic N) is 3. The van der Waals surface area contributed by atoms with Crippen LogP contribution in [0, 0.1) is 6.92 Å². The number of pyridine rings is 1. The number of amides is 2. The largest absolute Gasteiger partial charge is 0.341 e. The van der Waals surface area contributed by atoms with Gasteiger partial charge in [-0.05, 0) is 24.6 Å². The van der Waals surface area contributed by atoms with E-state index in [4.69, 9.17) is 0 Å². The van der Waals surface area contributed by atoms with Crippen molar-refractivity contribution in [1.29, 1.82) is 0 Å². The number of carbonyl (C=O) groups excluding carboxylic acids is 1. The van der Waals surface area contributed by atoms with Crippen LogP contribution >= 0.6 is 0 Å². The zero-order valence-corrected chi connectivity index (χ0v) is 14.5. The number of fused-ring (bicyclic) bond motifs is 1. The molecule has 0 aliphatic carbocycles. The molecule has 0 spiro atoms. The minimum absolute atomic E-state index is 0.186. The number of benzene rings is 1. The molecule has 7 nitrogen and oxygen atoms in total. The molecule has 0 bridgehead atoms. The number of sulfonamides is 1. The normalized spacial score (nSPS) is 16.3. The first-order valence-corrected chi connectivity index (χ1v) is 9.19. The standard InChI is InChI=1S/C16H20N4O3S/c1-12-10-13-4-3-5-14(15(13)18-11-12)24(22,23)20-8-6-19(7-9-20)16(21)17-2/h3-5,10-11H,6-9H2,1-2H3,(H,17,21). The highest BCUT2D eigenvalue weighted by Gasteiger charge is 2.31. The first-order chi connectivity index (χ1) is 11.4. The number of urea groups is 1. The Bertz CT molecular complexity index is 874. The second kappa shape index (κ2) is 6.37.